The van der Waals surface area contributed by atoms with Gasteiger partial charge in [0.25, 0.3) is 0 Å². The van der Waals surface area contributed by atoms with E-state index in [0.717, 1.165) is 23.6 Å². The fourth-order valence-corrected chi connectivity index (χ4v) is 2.98. The Labute approximate surface area is 109 Å². The van der Waals surface area contributed by atoms with E-state index >= 15 is 0 Å². The van der Waals surface area contributed by atoms with Crippen LogP contribution in [0.2, 0.25) is 0 Å². The van der Waals surface area contributed by atoms with Crippen LogP contribution in [0.4, 0.5) is 5.82 Å². The summed E-state index contributed by atoms with van der Waals surface area (Å²) < 4.78 is 0. The number of anilines is 1. The van der Waals surface area contributed by atoms with Gasteiger partial charge in [0.1, 0.15) is 5.82 Å². The average molecular weight is 253 g/mol. The van der Waals surface area contributed by atoms with E-state index < -0.39 is 0 Å². The predicted molar refractivity (Wildman–Crippen MR) is 73.8 cm³/mol. The minimum atomic E-state index is 0.550. The highest BCUT2D eigenvalue weighted by molar-refractivity contribution is 6.17. The molecule has 0 amide bonds. The maximum atomic E-state index is 5.87. The van der Waals surface area contributed by atoms with Gasteiger partial charge in [-0.05, 0) is 38.3 Å². The van der Waals surface area contributed by atoms with Gasteiger partial charge in [0, 0.05) is 24.2 Å². The maximum Gasteiger partial charge on any atom is 0.129 e. The number of hydrogen-bond acceptors (Lipinski definition) is 2. The monoisotopic (exact) mass is 252 g/mol. The topological polar surface area (TPSA) is 16.1 Å². The van der Waals surface area contributed by atoms with E-state index in [-0.39, 0.29) is 0 Å². The molecule has 2 rings (SSSR count). The van der Waals surface area contributed by atoms with Gasteiger partial charge in [0.15, 0.2) is 0 Å². The highest BCUT2D eigenvalue weighted by atomic mass is 35.5. The van der Waals surface area contributed by atoms with Gasteiger partial charge in [-0.15, -0.1) is 11.6 Å². The van der Waals surface area contributed by atoms with Crippen LogP contribution in [0.3, 0.4) is 0 Å². The Morgan fingerprint density at radius 1 is 1.35 bits per heavy atom. The second-order valence-electron chi connectivity index (χ2n) is 4.77. The van der Waals surface area contributed by atoms with Crippen molar-refractivity contribution in [2.45, 2.75) is 51.5 Å². The summed E-state index contributed by atoms with van der Waals surface area (Å²) in [5, 5.41) is 0. The van der Waals surface area contributed by atoms with Crippen molar-refractivity contribution in [1.82, 2.24) is 4.98 Å². The molecule has 0 saturated heterocycles. The van der Waals surface area contributed by atoms with Gasteiger partial charge in [-0.25, -0.2) is 4.98 Å². The number of aryl methyl sites for hydroxylation is 1. The van der Waals surface area contributed by atoms with E-state index in [1.807, 2.05) is 6.92 Å². The molecule has 94 valence electrons. The van der Waals surface area contributed by atoms with Crippen LogP contribution < -0.4 is 4.90 Å². The Hall–Kier alpha value is -0.760. The van der Waals surface area contributed by atoms with E-state index in [1.54, 1.807) is 0 Å². The summed E-state index contributed by atoms with van der Waals surface area (Å²) in [4.78, 5) is 7.14. The Morgan fingerprint density at radius 2 is 2.06 bits per heavy atom. The second-order valence-corrected chi connectivity index (χ2v) is 5.04. The van der Waals surface area contributed by atoms with Gasteiger partial charge in [0.2, 0.25) is 0 Å². The summed E-state index contributed by atoms with van der Waals surface area (Å²) >= 11 is 5.87. The average Bonchev–Trinajstić information content (AvgIpc) is 2.84. The molecule has 0 N–H and O–H groups in total. The van der Waals surface area contributed by atoms with E-state index in [1.165, 1.54) is 25.7 Å². The van der Waals surface area contributed by atoms with E-state index in [4.69, 9.17) is 16.6 Å². The number of pyridine rings is 1. The molecule has 0 unspecified atom stereocenters. The van der Waals surface area contributed by atoms with Crippen LogP contribution >= 0.6 is 11.6 Å². The van der Waals surface area contributed by atoms with Gasteiger partial charge in [-0.1, -0.05) is 18.9 Å². The molecule has 3 heteroatoms. The zero-order valence-corrected chi connectivity index (χ0v) is 11.5. The molecule has 1 fully saturated rings. The first-order chi connectivity index (χ1) is 8.26. The maximum absolute atomic E-state index is 5.87. The Balaban J connectivity index is 2.21. The van der Waals surface area contributed by atoms with Crippen LogP contribution in [0.5, 0.6) is 0 Å². The van der Waals surface area contributed by atoms with Crippen LogP contribution in [0, 0.1) is 6.92 Å². The third-order valence-electron chi connectivity index (χ3n) is 3.72. The van der Waals surface area contributed by atoms with E-state index in [2.05, 4.69) is 24.0 Å². The molecule has 1 saturated carbocycles. The van der Waals surface area contributed by atoms with Gasteiger partial charge < -0.3 is 4.90 Å². The third-order valence-corrected chi connectivity index (χ3v) is 4.01. The minimum Gasteiger partial charge on any atom is -0.354 e. The highest BCUT2D eigenvalue weighted by Crippen LogP contribution is 2.27. The number of hydrogen-bond donors (Lipinski definition) is 0. The van der Waals surface area contributed by atoms with Crippen molar-refractivity contribution >= 4 is 17.4 Å². The molecule has 2 nitrogen and oxygen atoms in total. The molecule has 1 aromatic heterocycles. The number of alkyl halides is 1. The number of nitrogens with zero attached hydrogens (tertiary/aromatic N) is 2. The van der Waals surface area contributed by atoms with Crippen LogP contribution in [0.15, 0.2) is 12.1 Å². The van der Waals surface area contributed by atoms with Gasteiger partial charge >= 0.3 is 0 Å². The van der Waals surface area contributed by atoms with Crippen LogP contribution in [-0.2, 0) is 5.88 Å². The summed E-state index contributed by atoms with van der Waals surface area (Å²) in [7, 11) is 0. The largest absolute Gasteiger partial charge is 0.354 e. The molecular weight excluding hydrogens is 232 g/mol. The lowest BCUT2D eigenvalue weighted by Gasteiger charge is -2.29. The number of aromatic nitrogens is 1. The fourth-order valence-electron chi connectivity index (χ4n) is 2.70. The van der Waals surface area contributed by atoms with Crippen LogP contribution in [-0.4, -0.2) is 17.6 Å². The molecule has 0 spiro atoms. The summed E-state index contributed by atoms with van der Waals surface area (Å²) in [5.74, 6) is 1.67. The lowest BCUT2D eigenvalue weighted by Crippen LogP contribution is -2.33. The molecule has 1 aromatic rings. The molecule has 0 bridgehead atoms. The third kappa shape index (κ3) is 2.74. The van der Waals surface area contributed by atoms with Crippen molar-refractivity contribution < 1.29 is 0 Å². The molecule has 1 aliphatic rings. The molecule has 17 heavy (non-hydrogen) atoms. The smallest absolute Gasteiger partial charge is 0.129 e. The Bertz CT molecular complexity index is 372. The normalized spacial score (nSPS) is 16.4. The molecule has 0 aliphatic heterocycles. The van der Waals surface area contributed by atoms with Crippen LogP contribution in [0.25, 0.3) is 0 Å². The van der Waals surface area contributed by atoms with Crippen LogP contribution in [0.1, 0.15) is 43.9 Å². The molecule has 1 aliphatic carbocycles. The van der Waals surface area contributed by atoms with Crippen molar-refractivity contribution in [3.05, 3.63) is 23.4 Å². The van der Waals surface area contributed by atoms with Gasteiger partial charge in [-0.2, -0.15) is 0 Å². The number of rotatable bonds is 4. The second kappa shape index (κ2) is 5.72. The van der Waals surface area contributed by atoms with E-state index in [9.17, 15) is 0 Å². The molecule has 0 radical (unpaired) electrons. The van der Waals surface area contributed by atoms with E-state index in [0.29, 0.717) is 11.9 Å². The molecule has 0 aromatic carbocycles. The van der Waals surface area contributed by atoms with Crippen molar-refractivity contribution in [3.8, 4) is 0 Å². The lowest BCUT2D eigenvalue weighted by atomic mass is 10.2. The first kappa shape index (κ1) is 12.7. The molecular formula is C14H21ClN2. The first-order valence-electron chi connectivity index (χ1n) is 6.55. The predicted octanol–water partition coefficient (Wildman–Crippen LogP) is 3.90. The Kier molecular flexibility index (Phi) is 4.27. The van der Waals surface area contributed by atoms with Gasteiger partial charge in [0.05, 0.1) is 0 Å². The standard InChI is InChI=1S/C14H21ClN2/c1-3-17(13-6-4-5-7-13)14-9-8-12(10-15)11(2)16-14/h8-9,13H,3-7,10H2,1-2H3. The zero-order chi connectivity index (χ0) is 12.3. The molecule has 1 heterocycles. The Morgan fingerprint density at radius 3 is 2.59 bits per heavy atom. The van der Waals surface area contributed by atoms with Crippen molar-refractivity contribution in [3.63, 3.8) is 0 Å². The fraction of sp³-hybridized carbons (Fsp3) is 0.643. The number of halogens is 1. The quantitative estimate of drug-likeness (QED) is 0.756. The first-order valence-corrected chi connectivity index (χ1v) is 7.08. The highest BCUT2D eigenvalue weighted by Gasteiger charge is 2.22. The van der Waals surface area contributed by atoms with Crippen molar-refractivity contribution in [1.29, 1.82) is 0 Å². The molecule has 0 atom stereocenters. The summed E-state index contributed by atoms with van der Waals surface area (Å²) in [5.41, 5.74) is 2.20. The summed E-state index contributed by atoms with van der Waals surface area (Å²) in [6.45, 7) is 5.30. The zero-order valence-electron chi connectivity index (χ0n) is 10.7. The lowest BCUT2D eigenvalue weighted by molar-refractivity contribution is 0.612. The van der Waals surface area contributed by atoms with Gasteiger partial charge in [-0.3, -0.25) is 0 Å². The van der Waals surface area contributed by atoms with Crippen molar-refractivity contribution in [2.75, 3.05) is 11.4 Å². The summed E-state index contributed by atoms with van der Waals surface area (Å²) in [6, 6.07) is 4.92. The van der Waals surface area contributed by atoms with Crippen molar-refractivity contribution in [2.24, 2.45) is 0 Å². The SMILES string of the molecule is CCN(c1ccc(CCl)c(C)n1)C1CCCC1. The summed E-state index contributed by atoms with van der Waals surface area (Å²) in [6.07, 6.45) is 5.34. The minimum absolute atomic E-state index is 0.550.